The van der Waals surface area contributed by atoms with Crippen molar-refractivity contribution in [2.75, 3.05) is 25.4 Å². The number of alkyl halides is 3. The van der Waals surface area contributed by atoms with Gasteiger partial charge in [0, 0.05) is 31.7 Å². The number of carbonyl (C=O) groups is 1. The van der Waals surface area contributed by atoms with Crippen LogP contribution in [0.5, 0.6) is 5.75 Å². The average Bonchev–Trinajstić information content (AvgIpc) is 2.82. The van der Waals surface area contributed by atoms with E-state index in [1.165, 1.54) is 0 Å². The lowest BCUT2D eigenvalue weighted by Gasteiger charge is -2.44. The molecule has 6 nitrogen and oxygen atoms in total. The van der Waals surface area contributed by atoms with Gasteiger partial charge in [-0.05, 0) is 47.2 Å². The number of ether oxygens (including phenoxy) is 2. The number of likely N-dealkylation sites (tertiary alicyclic amines) is 1. The normalized spacial score (nSPS) is 17.5. The minimum Gasteiger partial charge on any atom is -0.487 e. The molecular formula is C25H28Cl3NO5S. The van der Waals surface area contributed by atoms with E-state index in [1.54, 1.807) is 11.8 Å². The van der Waals surface area contributed by atoms with Gasteiger partial charge in [-0.3, -0.25) is 0 Å². The number of piperidine rings is 1. The summed E-state index contributed by atoms with van der Waals surface area (Å²) >= 11 is 17.0. The van der Waals surface area contributed by atoms with Gasteiger partial charge >= 0.3 is 6.09 Å². The molecule has 0 unspecified atom stereocenters. The van der Waals surface area contributed by atoms with E-state index >= 15 is 0 Å². The SMILES string of the molecule is CCS(=O)(=O)Cc1ccc(-c2ccc3c(c2)CCC2(CCN(C(=O)OCC(Cl)(Cl)Cl)CC2)O3)cc1. The van der Waals surface area contributed by atoms with E-state index in [2.05, 4.69) is 6.07 Å². The van der Waals surface area contributed by atoms with Crippen LogP contribution in [0.3, 0.4) is 0 Å². The Morgan fingerprint density at radius 1 is 1.06 bits per heavy atom. The molecule has 2 heterocycles. The molecule has 0 radical (unpaired) electrons. The predicted molar refractivity (Wildman–Crippen MR) is 139 cm³/mol. The summed E-state index contributed by atoms with van der Waals surface area (Å²) in [6.07, 6.45) is 2.69. The smallest absolute Gasteiger partial charge is 0.409 e. The highest BCUT2D eigenvalue weighted by Gasteiger charge is 2.41. The molecule has 1 spiro atoms. The largest absolute Gasteiger partial charge is 0.487 e. The molecule has 1 fully saturated rings. The Morgan fingerprint density at radius 3 is 2.34 bits per heavy atom. The van der Waals surface area contributed by atoms with Crippen LogP contribution in [0.2, 0.25) is 0 Å². The first-order valence-electron chi connectivity index (χ1n) is 11.6. The van der Waals surface area contributed by atoms with Crippen molar-refractivity contribution in [2.45, 2.75) is 47.8 Å². The zero-order chi connectivity index (χ0) is 25.3. The van der Waals surface area contributed by atoms with Crippen molar-refractivity contribution in [3.63, 3.8) is 0 Å². The van der Waals surface area contributed by atoms with Crippen LogP contribution in [0, 0.1) is 0 Å². The van der Waals surface area contributed by atoms with Crippen molar-refractivity contribution in [3.05, 3.63) is 53.6 Å². The van der Waals surface area contributed by atoms with Crippen molar-refractivity contribution in [1.82, 2.24) is 4.90 Å². The molecule has 0 N–H and O–H groups in total. The highest BCUT2D eigenvalue weighted by molar-refractivity contribution is 7.90. The summed E-state index contributed by atoms with van der Waals surface area (Å²) in [4.78, 5) is 13.9. The summed E-state index contributed by atoms with van der Waals surface area (Å²) in [5.74, 6) is 1.07. The zero-order valence-electron chi connectivity index (χ0n) is 19.4. The third kappa shape index (κ3) is 6.76. The third-order valence-corrected chi connectivity index (χ3v) is 8.62. The predicted octanol–water partition coefficient (Wildman–Crippen LogP) is 5.95. The number of hydrogen-bond acceptors (Lipinski definition) is 5. The van der Waals surface area contributed by atoms with Gasteiger partial charge in [-0.25, -0.2) is 13.2 Å². The van der Waals surface area contributed by atoms with Crippen LogP contribution < -0.4 is 4.74 Å². The Hall–Kier alpha value is -1.67. The number of benzene rings is 2. The summed E-state index contributed by atoms with van der Waals surface area (Å²) in [5, 5.41) is 0. The second-order valence-corrected chi connectivity index (χ2v) is 14.0. The standard InChI is InChI=1S/C25H28Cl3NO5S/c1-2-35(31,32)16-18-3-5-19(6-4-18)20-7-8-22-21(15-20)9-10-24(34-22)11-13-29(14-12-24)23(30)33-17-25(26,27)28/h3-8,15H,2,9-14,16-17H2,1H3. The van der Waals surface area contributed by atoms with Crippen LogP contribution in [0.25, 0.3) is 11.1 Å². The van der Waals surface area contributed by atoms with Gasteiger partial charge in [-0.15, -0.1) is 0 Å². The molecule has 2 aliphatic rings. The Bertz CT molecular complexity index is 1170. The van der Waals surface area contributed by atoms with Crippen molar-refractivity contribution >= 4 is 50.7 Å². The maximum absolute atomic E-state index is 12.2. The Kier molecular flexibility index (Phi) is 7.82. The average molecular weight is 561 g/mol. The first-order valence-corrected chi connectivity index (χ1v) is 14.5. The maximum Gasteiger partial charge on any atom is 0.409 e. The maximum atomic E-state index is 12.2. The zero-order valence-corrected chi connectivity index (χ0v) is 22.5. The summed E-state index contributed by atoms with van der Waals surface area (Å²) in [5.41, 5.74) is 3.75. The van der Waals surface area contributed by atoms with Gasteiger partial charge in [0.25, 0.3) is 0 Å². The fourth-order valence-electron chi connectivity index (χ4n) is 4.53. The molecule has 2 aromatic rings. The molecule has 1 saturated heterocycles. The number of rotatable bonds is 5. The summed E-state index contributed by atoms with van der Waals surface area (Å²) < 4.78 is 33.7. The van der Waals surface area contributed by atoms with Gasteiger partial charge in [0.1, 0.15) is 18.0 Å². The Balaban J connectivity index is 1.38. The molecule has 0 atom stereocenters. The van der Waals surface area contributed by atoms with Crippen LogP contribution in [-0.4, -0.2) is 54.3 Å². The molecule has 1 amide bonds. The second-order valence-electron chi connectivity index (χ2n) is 9.14. The molecule has 0 saturated carbocycles. The first kappa shape index (κ1) is 26.4. The number of nitrogens with zero attached hydrogens (tertiary/aromatic N) is 1. The number of carbonyl (C=O) groups excluding carboxylic acids is 1. The van der Waals surface area contributed by atoms with Crippen LogP contribution in [-0.2, 0) is 26.7 Å². The van der Waals surface area contributed by atoms with E-state index in [0.29, 0.717) is 25.9 Å². The van der Waals surface area contributed by atoms with Crippen LogP contribution in [0.1, 0.15) is 37.3 Å². The molecule has 2 aliphatic heterocycles. The number of fused-ring (bicyclic) bond motifs is 1. The highest BCUT2D eigenvalue weighted by atomic mass is 35.6. The quantitative estimate of drug-likeness (QED) is 0.422. The molecule has 0 bridgehead atoms. The van der Waals surface area contributed by atoms with Gasteiger partial charge < -0.3 is 14.4 Å². The molecule has 0 aliphatic carbocycles. The fraction of sp³-hybridized carbons (Fsp3) is 0.480. The Morgan fingerprint density at radius 2 is 1.71 bits per heavy atom. The Labute approximate surface area is 221 Å². The minimum absolute atomic E-state index is 0.0615. The third-order valence-electron chi connectivity index (χ3n) is 6.64. The van der Waals surface area contributed by atoms with Crippen LogP contribution in [0.15, 0.2) is 42.5 Å². The lowest BCUT2D eigenvalue weighted by Crippen LogP contribution is -2.51. The number of amides is 1. The van der Waals surface area contributed by atoms with Crippen molar-refractivity contribution < 1.29 is 22.7 Å². The number of sulfone groups is 1. The first-order chi connectivity index (χ1) is 16.5. The molecular weight excluding hydrogens is 533 g/mol. The summed E-state index contributed by atoms with van der Waals surface area (Å²) in [6, 6.07) is 13.8. The lowest BCUT2D eigenvalue weighted by atomic mass is 9.82. The van der Waals surface area contributed by atoms with Crippen LogP contribution in [0.4, 0.5) is 4.79 Å². The summed E-state index contributed by atoms with van der Waals surface area (Å²) in [6.45, 7) is 2.42. The molecule has 4 rings (SSSR count). The molecule has 190 valence electrons. The summed E-state index contributed by atoms with van der Waals surface area (Å²) in [7, 11) is -3.05. The highest BCUT2D eigenvalue weighted by Crippen LogP contribution is 2.41. The second kappa shape index (κ2) is 10.4. The molecule has 10 heteroatoms. The van der Waals surface area contributed by atoms with Gasteiger partial charge in [-0.1, -0.05) is 72.1 Å². The minimum atomic E-state index is -3.05. The number of hydrogen-bond donors (Lipinski definition) is 0. The van der Waals surface area contributed by atoms with E-state index in [9.17, 15) is 13.2 Å². The monoisotopic (exact) mass is 559 g/mol. The van der Waals surface area contributed by atoms with E-state index in [4.69, 9.17) is 44.3 Å². The van der Waals surface area contributed by atoms with Crippen molar-refractivity contribution in [1.29, 1.82) is 0 Å². The van der Waals surface area contributed by atoms with Gasteiger partial charge in [0.2, 0.25) is 3.79 Å². The van der Waals surface area contributed by atoms with E-state index < -0.39 is 19.7 Å². The lowest BCUT2D eigenvalue weighted by molar-refractivity contribution is -0.0141. The van der Waals surface area contributed by atoms with Gasteiger partial charge in [-0.2, -0.15) is 0 Å². The van der Waals surface area contributed by atoms with E-state index in [-0.39, 0.29) is 23.7 Å². The van der Waals surface area contributed by atoms with E-state index in [1.807, 2.05) is 36.4 Å². The molecule has 0 aromatic heterocycles. The van der Waals surface area contributed by atoms with Crippen molar-refractivity contribution in [2.24, 2.45) is 0 Å². The van der Waals surface area contributed by atoms with Gasteiger partial charge in [0.15, 0.2) is 9.84 Å². The van der Waals surface area contributed by atoms with Crippen LogP contribution >= 0.6 is 34.8 Å². The van der Waals surface area contributed by atoms with Crippen molar-refractivity contribution in [3.8, 4) is 16.9 Å². The molecule has 35 heavy (non-hydrogen) atoms. The topological polar surface area (TPSA) is 72.9 Å². The van der Waals surface area contributed by atoms with E-state index in [0.717, 1.165) is 40.8 Å². The number of aryl methyl sites for hydroxylation is 1. The van der Waals surface area contributed by atoms with Gasteiger partial charge in [0.05, 0.1) is 5.75 Å². The fourth-order valence-corrected chi connectivity index (χ4v) is 5.60. The number of halogens is 3. The molecule has 2 aromatic carbocycles.